The molecule has 0 bridgehead atoms. The topological polar surface area (TPSA) is 59.3 Å². The van der Waals surface area contributed by atoms with Gasteiger partial charge in [-0.1, -0.05) is 31.9 Å². The number of carbonyl (C=O) groups excluding carboxylic acids is 1. The largest absolute Gasteiger partial charge is 0.451 e. The Labute approximate surface area is 123 Å². The molecule has 1 saturated carbocycles. The third-order valence-corrected chi connectivity index (χ3v) is 4.29. The molecular weight excluding hydrogens is 266 g/mol. The van der Waals surface area contributed by atoms with Crippen LogP contribution in [-0.2, 0) is 0 Å². The van der Waals surface area contributed by atoms with E-state index in [0.29, 0.717) is 16.9 Å². The highest BCUT2D eigenvalue weighted by molar-refractivity contribution is 5.93. The highest BCUT2D eigenvalue weighted by Crippen LogP contribution is 2.24. The van der Waals surface area contributed by atoms with Crippen molar-refractivity contribution in [3.63, 3.8) is 0 Å². The SMILES string of the molecule is C[C@H]1CCCC[C@@H]1NC(=O)c1cc(=O)c2ccccc2o1. The van der Waals surface area contributed by atoms with Crippen LogP contribution < -0.4 is 10.7 Å². The molecule has 0 aliphatic heterocycles. The summed E-state index contributed by atoms with van der Waals surface area (Å²) >= 11 is 0. The van der Waals surface area contributed by atoms with Gasteiger partial charge in [-0.2, -0.15) is 0 Å². The molecule has 2 atom stereocenters. The van der Waals surface area contributed by atoms with Crippen LogP contribution in [-0.4, -0.2) is 11.9 Å². The molecule has 1 aromatic heterocycles. The molecule has 3 rings (SSSR count). The predicted molar refractivity (Wildman–Crippen MR) is 81.4 cm³/mol. The number of carbonyl (C=O) groups is 1. The fourth-order valence-corrected chi connectivity index (χ4v) is 2.99. The zero-order chi connectivity index (χ0) is 14.8. The summed E-state index contributed by atoms with van der Waals surface area (Å²) in [5, 5.41) is 3.51. The Morgan fingerprint density at radius 1 is 1.24 bits per heavy atom. The second-order valence-electron chi connectivity index (χ2n) is 5.81. The highest BCUT2D eigenvalue weighted by Gasteiger charge is 2.24. The van der Waals surface area contributed by atoms with Gasteiger partial charge in [-0.15, -0.1) is 0 Å². The lowest BCUT2D eigenvalue weighted by Crippen LogP contribution is -2.41. The molecule has 21 heavy (non-hydrogen) atoms. The van der Waals surface area contributed by atoms with E-state index < -0.39 is 0 Å². The Kier molecular flexibility index (Phi) is 3.78. The van der Waals surface area contributed by atoms with E-state index in [1.54, 1.807) is 24.3 Å². The number of hydrogen-bond acceptors (Lipinski definition) is 3. The van der Waals surface area contributed by atoms with Gasteiger partial charge in [-0.05, 0) is 30.9 Å². The third kappa shape index (κ3) is 2.84. The molecule has 0 unspecified atom stereocenters. The van der Waals surface area contributed by atoms with Gasteiger partial charge in [0.25, 0.3) is 5.91 Å². The number of amides is 1. The molecule has 0 spiro atoms. The average molecular weight is 285 g/mol. The lowest BCUT2D eigenvalue weighted by molar-refractivity contribution is 0.0882. The third-order valence-electron chi connectivity index (χ3n) is 4.29. The summed E-state index contributed by atoms with van der Waals surface area (Å²) in [5.74, 6) is 0.267. The van der Waals surface area contributed by atoms with Crippen molar-refractivity contribution in [3.8, 4) is 0 Å². The molecule has 4 heteroatoms. The van der Waals surface area contributed by atoms with Crippen molar-refractivity contribution in [2.45, 2.75) is 38.6 Å². The molecule has 1 aromatic carbocycles. The fraction of sp³-hybridized carbons (Fsp3) is 0.412. The van der Waals surface area contributed by atoms with Crippen LogP contribution in [0.5, 0.6) is 0 Å². The van der Waals surface area contributed by atoms with Crippen molar-refractivity contribution < 1.29 is 9.21 Å². The lowest BCUT2D eigenvalue weighted by atomic mass is 9.86. The summed E-state index contributed by atoms with van der Waals surface area (Å²) in [6, 6.07) is 8.43. The van der Waals surface area contributed by atoms with E-state index in [9.17, 15) is 9.59 Å². The van der Waals surface area contributed by atoms with Gasteiger partial charge in [-0.25, -0.2) is 0 Å². The van der Waals surface area contributed by atoms with Crippen molar-refractivity contribution >= 4 is 16.9 Å². The summed E-state index contributed by atoms with van der Waals surface area (Å²) in [6.45, 7) is 2.15. The summed E-state index contributed by atoms with van der Waals surface area (Å²) in [5.41, 5.74) is 0.269. The Bertz CT molecular complexity index is 719. The van der Waals surface area contributed by atoms with Crippen molar-refractivity contribution in [1.29, 1.82) is 0 Å². The molecule has 0 radical (unpaired) electrons. The first-order valence-electron chi connectivity index (χ1n) is 7.49. The number of para-hydroxylation sites is 1. The van der Waals surface area contributed by atoms with Gasteiger partial charge in [0.15, 0.2) is 11.2 Å². The Morgan fingerprint density at radius 2 is 2.00 bits per heavy atom. The minimum atomic E-state index is -0.295. The molecule has 2 aromatic rings. The molecule has 4 nitrogen and oxygen atoms in total. The van der Waals surface area contributed by atoms with E-state index in [-0.39, 0.29) is 23.1 Å². The lowest BCUT2D eigenvalue weighted by Gasteiger charge is -2.29. The van der Waals surface area contributed by atoms with E-state index in [4.69, 9.17) is 4.42 Å². The number of hydrogen-bond donors (Lipinski definition) is 1. The van der Waals surface area contributed by atoms with E-state index in [1.807, 2.05) is 0 Å². The first kappa shape index (κ1) is 13.9. The Balaban J connectivity index is 1.86. The maximum absolute atomic E-state index is 12.3. The standard InChI is InChI=1S/C17H19NO3/c1-11-6-2-4-8-13(11)18-17(20)16-10-14(19)12-7-3-5-9-15(12)21-16/h3,5,7,9-11,13H,2,4,6,8H2,1H3,(H,18,20)/t11-,13-/m0/s1. The number of benzene rings is 1. The average Bonchev–Trinajstić information content (AvgIpc) is 2.49. The van der Waals surface area contributed by atoms with Gasteiger partial charge >= 0.3 is 0 Å². The minimum Gasteiger partial charge on any atom is -0.451 e. The first-order valence-corrected chi connectivity index (χ1v) is 7.49. The van der Waals surface area contributed by atoms with Crippen molar-refractivity contribution in [2.75, 3.05) is 0 Å². The van der Waals surface area contributed by atoms with E-state index in [0.717, 1.165) is 19.3 Å². The second kappa shape index (κ2) is 5.72. The maximum Gasteiger partial charge on any atom is 0.287 e. The van der Waals surface area contributed by atoms with Crippen LogP contribution in [0.4, 0.5) is 0 Å². The zero-order valence-corrected chi connectivity index (χ0v) is 12.1. The summed E-state index contributed by atoms with van der Waals surface area (Å²) in [4.78, 5) is 24.3. The smallest absolute Gasteiger partial charge is 0.287 e. The molecule has 0 saturated heterocycles. The van der Waals surface area contributed by atoms with Gasteiger partial charge in [0.05, 0.1) is 5.39 Å². The number of fused-ring (bicyclic) bond motifs is 1. The van der Waals surface area contributed by atoms with Crippen molar-refractivity contribution in [3.05, 3.63) is 46.3 Å². The zero-order valence-electron chi connectivity index (χ0n) is 12.1. The molecule has 1 aliphatic rings. The van der Waals surface area contributed by atoms with E-state index in [2.05, 4.69) is 12.2 Å². The van der Waals surface area contributed by atoms with Gasteiger partial charge in [0.1, 0.15) is 5.58 Å². The minimum absolute atomic E-state index is 0.0940. The predicted octanol–water partition coefficient (Wildman–Crippen LogP) is 3.10. The molecular formula is C17H19NO3. The second-order valence-corrected chi connectivity index (χ2v) is 5.81. The van der Waals surface area contributed by atoms with E-state index in [1.165, 1.54) is 12.5 Å². The number of nitrogens with one attached hydrogen (secondary N) is 1. The molecule has 1 amide bonds. The number of rotatable bonds is 2. The van der Waals surface area contributed by atoms with Crippen molar-refractivity contribution in [2.24, 2.45) is 5.92 Å². The van der Waals surface area contributed by atoms with Crippen LogP contribution in [0.3, 0.4) is 0 Å². The molecule has 1 fully saturated rings. The molecule has 1 heterocycles. The Morgan fingerprint density at radius 3 is 2.81 bits per heavy atom. The summed E-state index contributed by atoms with van der Waals surface area (Å²) in [7, 11) is 0. The van der Waals surface area contributed by atoms with Crippen LogP contribution in [0, 0.1) is 5.92 Å². The van der Waals surface area contributed by atoms with Gasteiger partial charge in [0.2, 0.25) is 0 Å². The van der Waals surface area contributed by atoms with Crippen LogP contribution in [0.2, 0.25) is 0 Å². The normalized spacial score (nSPS) is 22.1. The highest BCUT2D eigenvalue weighted by atomic mass is 16.3. The molecule has 110 valence electrons. The first-order chi connectivity index (χ1) is 10.1. The van der Waals surface area contributed by atoms with Crippen LogP contribution in [0.1, 0.15) is 43.2 Å². The van der Waals surface area contributed by atoms with Gasteiger partial charge in [-0.3, -0.25) is 9.59 Å². The fourth-order valence-electron chi connectivity index (χ4n) is 2.99. The van der Waals surface area contributed by atoms with Gasteiger partial charge in [0, 0.05) is 12.1 Å². The van der Waals surface area contributed by atoms with Crippen LogP contribution >= 0.6 is 0 Å². The quantitative estimate of drug-likeness (QED) is 0.922. The molecule has 1 N–H and O–H groups in total. The summed E-state index contributed by atoms with van der Waals surface area (Å²) < 4.78 is 5.57. The van der Waals surface area contributed by atoms with Crippen molar-refractivity contribution in [1.82, 2.24) is 5.32 Å². The van der Waals surface area contributed by atoms with Gasteiger partial charge < -0.3 is 9.73 Å². The van der Waals surface area contributed by atoms with Crippen LogP contribution in [0.25, 0.3) is 11.0 Å². The van der Waals surface area contributed by atoms with E-state index >= 15 is 0 Å². The monoisotopic (exact) mass is 285 g/mol. The summed E-state index contributed by atoms with van der Waals surface area (Å²) in [6.07, 6.45) is 4.48. The van der Waals surface area contributed by atoms with Crippen LogP contribution in [0.15, 0.2) is 39.5 Å². The molecule has 1 aliphatic carbocycles. The Hall–Kier alpha value is -2.10. The maximum atomic E-state index is 12.3.